The molecule has 1 amide bonds. The number of nitrogens with zero attached hydrogens (tertiary/aromatic N) is 6. The lowest BCUT2D eigenvalue weighted by atomic mass is 10.2. The van der Waals surface area contributed by atoms with Crippen molar-refractivity contribution in [1.82, 2.24) is 35.0 Å². The molecular weight excluding hydrogens is 350 g/mol. The molecule has 0 unspecified atom stereocenters. The number of halogens is 1. The largest absolute Gasteiger partial charge is 0.346 e. The highest BCUT2D eigenvalue weighted by atomic mass is 35.5. The summed E-state index contributed by atoms with van der Waals surface area (Å²) in [6.45, 7) is 0.247. The second-order valence-electron chi connectivity index (χ2n) is 4.56. The fourth-order valence-electron chi connectivity index (χ4n) is 1.96. The van der Waals surface area contributed by atoms with Crippen LogP contribution in [0, 0.1) is 0 Å². The minimum absolute atomic E-state index is 0.141. The van der Waals surface area contributed by atoms with E-state index in [2.05, 4.69) is 30.4 Å². The third-order valence-corrected chi connectivity index (χ3v) is 3.90. The van der Waals surface area contributed by atoms with Gasteiger partial charge in [-0.25, -0.2) is 24.6 Å². The first-order valence-corrected chi connectivity index (χ1v) is 8.43. The first-order chi connectivity index (χ1) is 11.7. The second kappa shape index (κ2) is 7.37. The Hall–Kier alpha value is -2.52. The first-order valence-electron chi connectivity index (χ1n) is 6.82. The van der Waals surface area contributed by atoms with Crippen LogP contribution in [0.5, 0.6) is 0 Å². The summed E-state index contributed by atoms with van der Waals surface area (Å²) in [4.78, 5) is 28.7. The Bertz CT molecular complexity index is 856. The molecule has 3 rings (SSSR count). The summed E-state index contributed by atoms with van der Waals surface area (Å²) in [6, 6.07) is 3.63. The molecule has 0 aromatic carbocycles. The molecule has 10 heteroatoms. The van der Waals surface area contributed by atoms with Crippen LogP contribution in [0.3, 0.4) is 0 Å². The lowest BCUT2D eigenvalue weighted by Gasteiger charge is -2.10. The number of hydrogen-bond acceptors (Lipinski definition) is 7. The van der Waals surface area contributed by atoms with Gasteiger partial charge in [-0.1, -0.05) is 29.4 Å². The van der Waals surface area contributed by atoms with Crippen molar-refractivity contribution in [3.05, 3.63) is 53.5 Å². The summed E-state index contributed by atoms with van der Waals surface area (Å²) >= 11 is 7.35. The molecule has 0 aliphatic heterocycles. The Balaban J connectivity index is 1.78. The molecule has 24 heavy (non-hydrogen) atoms. The molecular formula is C14H12ClN7OS. The molecule has 0 saturated heterocycles. The highest BCUT2D eigenvalue weighted by molar-refractivity contribution is 7.98. The van der Waals surface area contributed by atoms with E-state index >= 15 is 0 Å². The number of hydrogen-bond donors (Lipinski definition) is 1. The van der Waals surface area contributed by atoms with Crippen molar-refractivity contribution in [2.24, 2.45) is 0 Å². The number of thioether (sulfide) groups is 1. The molecule has 0 aliphatic rings. The van der Waals surface area contributed by atoms with Crippen LogP contribution in [-0.4, -0.2) is 41.9 Å². The predicted molar refractivity (Wildman–Crippen MR) is 89.1 cm³/mol. The molecule has 122 valence electrons. The van der Waals surface area contributed by atoms with E-state index in [9.17, 15) is 4.79 Å². The average Bonchev–Trinajstić information content (AvgIpc) is 3.15. The van der Waals surface area contributed by atoms with E-state index in [0.29, 0.717) is 11.0 Å². The van der Waals surface area contributed by atoms with Gasteiger partial charge in [-0.3, -0.25) is 4.79 Å². The Morgan fingerprint density at radius 3 is 3.04 bits per heavy atom. The quantitative estimate of drug-likeness (QED) is 0.546. The molecule has 8 nitrogen and oxygen atoms in total. The molecule has 0 bridgehead atoms. The maximum Gasteiger partial charge on any atom is 0.271 e. The molecule has 3 heterocycles. The van der Waals surface area contributed by atoms with Gasteiger partial charge in [-0.05, 0) is 12.3 Å². The number of aromatic nitrogens is 6. The maximum atomic E-state index is 12.4. The van der Waals surface area contributed by atoms with Gasteiger partial charge in [0.1, 0.15) is 12.7 Å². The molecule has 0 aliphatic carbocycles. The molecule has 0 atom stereocenters. The third-order valence-electron chi connectivity index (χ3n) is 3.06. The number of pyridine rings is 1. The van der Waals surface area contributed by atoms with Gasteiger partial charge in [0.25, 0.3) is 5.91 Å². The Morgan fingerprint density at radius 2 is 2.29 bits per heavy atom. The third kappa shape index (κ3) is 3.52. The van der Waals surface area contributed by atoms with Crippen LogP contribution < -0.4 is 5.32 Å². The lowest BCUT2D eigenvalue weighted by Crippen LogP contribution is -2.25. The van der Waals surface area contributed by atoms with Gasteiger partial charge in [-0.15, -0.1) is 0 Å². The lowest BCUT2D eigenvalue weighted by molar-refractivity contribution is 0.0945. The van der Waals surface area contributed by atoms with Gasteiger partial charge in [0, 0.05) is 18.3 Å². The molecule has 0 saturated carbocycles. The Kier molecular flexibility index (Phi) is 5.02. The van der Waals surface area contributed by atoms with Gasteiger partial charge >= 0.3 is 0 Å². The smallest absolute Gasteiger partial charge is 0.271 e. The molecule has 3 aromatic rings. The van der Waals surface area contributed by atoms with Crippen LogP contribution in [0.1, 0.15) is 16.1 Å². The van der Waals surface area contributed by atoms with Crippen LogP contribution in [0.4, 0.5) is 0 Å². The van der Waals surface area contributed by atoms with Crippen LogP contribution in [0.25, 0.3) is 5.82 Å². The molecule has 1 N–H and O–H groups in total. The summed E-state index contributed by atoms with van der Waals surface area (Å²) in [5, 5.41) is 7.52. The summed E-state index contributed by atoms with van der Waals surface area (Å²) in [6.07, 6.45) is 7.85. The molecule has 0 spiro atoms. The topological polar surface area (TPSA) is 98.5 Å². The summed E-state index contributed by atoms with van der Waals surface area (Å²) in [5.74, 6) is 0.208. The summed E-state index contributed by atoms with van der Waals surface area (Å²) in [7, 11) is 0. The van der Waals surface area contributed by atoms with E-state index < -0.39 is 0 Å². The zero-order valence-electron chi connectivity index (χ0n) is 12.5. The number of nitrogens with one attached hydrogen (secondary N) is 1. The highest BCUT2D eigenvalue weighted by Crippen LogP contribution is 2.17. The number of rotatable bonds is 5. The minimum atomic E-state index is -0.383. The minimum Gasteiger partial charge on any atom is -0.346 e. The van der Waals surface area contributed by atoms with Crippen molar-refractivity contribution < 1.29 is 4.79 Å². The van der Waals surface area contributed by atoms with Crippen molar-refractivity contribution in [3.8, 4) is 5.82 Å². The van der Waals surface area contributed by atoms with E-state index in [-0.39, 0.29) is 23.2 Å². The Morgan fingerprint density at radius 1 is 1.42 bits per heavy atom. The monoisotopic (exact) mass is 361 g/mol. The fourth-order valence-corrected chi connectivity index (χ4v) is 2.48. The molecule has 0 fully saturated rings. The van der Waals surface area contributed by atoms with Crippen LogP contribution in [-0.2, 0) is 6.54 Å². The fraction of sp³-hybridized carbons (Fsp3) is 0.143. The van der Waals surface area contributed by atoms with Crippen molar-refractivity contribution in [2.45, 2.75) is 11.7 Å². The zero-order valence-corrected chi connectivity index (χ0v) is 14.1. The average molecular weight is 362 g/mol. The second-order valence-corrected chi connectivity index (χ2v) is 5.74. The van der Waals surface area contributed by atoms with E-state index in [4.69, 9.17) is 11.6 Å². The van der Waals surface area contributed by atoms with E-state index in [1.165, 1.54) is 29.0 Å². The van der Waals surface area contributed by atoms with Crippen LogP contribution >= 0.6 is 23.4 Å². The van der Waals surface area contributed by atoms with Crippen LogP contribution in [0.2, 0.25) is 5.02 Å². The number of carbonyl (C=O) groups excluding carboxylic acids is 1. The molecule has 3 aromatic heterocycles. The van der Waals surface area contributed by atoms with Crippen LogP contribution in [0.15, 0.2) is 42.3 Å². The Labute approximate surface area is 146 Å². The van der Waals surface area contributed by atoms with Crippen molar-refractivity contribution >= 4 is 29.3 Å². The van der Waals surface area contributed by atoms with Gasteiger partial charge in [0.2, 0.25) is 0 Å². The standard InChI is InChI=1S/C14H12ClN7OS/c1-24-14-19-6-10(15)11(21-14)13(23)18-5-9-3-2-4-17-12(9)22-8-16-7-20-22/h2-4,6-8H,5H2,1H3,(H,18,23). The number of amides is 1. The summed E-state index contributed by atoms with van der Waals surface area (Å²) in [5.41, 5.74) is 0.925. The van der Waals surface area contributed by atoms with Gasteiger partial charge in [-0.2, -0.15) is 5.10 Å². The van der Waals surface area contributed by atoms with Crippen molar-refractivity contribution in [2.75, 3.05) is 6.26 Å². The normalized spacial score (nSPS) is 10.6. The van der Waals surface area contributed by atoms with E-state index in [1.54, 1.807) is 18.6 Å². The number of carbonyl (C=O) groups is 1. The van der Waals surface area contributed by atoms with Crippen molar-refractivity contribution in [1.29, 1.82) is 0 Å². The van der Waals surface area contributed by atoms with E-state index in [0.717, 1.165) is 5.56 Å². The van der Waals surface area contributed by atoms with Gasteiger partial charge in [0.15, 0.2) is 16.7 Å². The highest BCUT2D eigenvalue weighted by Gasteiger charge is 2.15. The van der Waals surface area contributed by atoms with Gasteiger partial charge < -0.3 is 5.32 Å². The zero-order chi connectivity index (χ0) is 16.9. The predicted octanol–water partition coefficient (Wildman–Crippen LogP) is 1.76. The van der Waals surface area contributed by atoms with Crippen molar-refractivity contribution in [3.63, 3.8) is 0 Å². The maximum absolute atomic E-state index is 12.4. The van der Waals surface area contributed by atoms with Gasteiger partial charge in [0.05, 0.1) is 11.2 Å². The summed E-state index contributed by atoms with van der Waals surface area (Å²) < 4.78 is 1.53. The van der Waals surface area contributed by atoms with E-state index in [1.807, 2.05) is 12.3 Å². The SMILES string of the molecule is CSc1ncc(Cl)c(C(=O)NCc2cccnc2-n2cncn2)n1. The first kappa shape index (κ1) is 16.3. The molecule has 0 radical (unpaired) electrons.